The molecular weight excluding hydrogens is 166 g/mol. The van der Waals surface area contributed by atoms with Crippen molar-refractivity contribution in [3.63, 3.8) is 0 Å². The minimum Gasteiger partial charge on any atom is -0.256 e. The van der Waals surface area contributed by atoms with Crippen molar-refractivity contribution in [1.29, 1.82) is 0 Å². The maximum Gasteiger partial charge on any atom is 0.0705 e. The van der Waals surface area contributed by atoms with E-state index in [-0.39, 0.29) is 0 Å². The van der Waals surface area contributed by atoms with Gasteiger partial charge in [0.05, 0.1) is 5.52 Å². The Bertz CT molecular complexity index is 392. The molecule has 1 nitrogen and oxygen atoms in total. The number of hydrogen-bond acceptors (Lipinski definition) is 2. The van der Waals surface area contributed by atoms with Crippen molar-refractivity contribution in [1.82, 2.24) is 4.98 Å². The number of benzene rings is 1. The largest absolute Gasteiger partial charge is 0.256 e. The molecule has 60 valence electrons. The van der Waals surface area contributed by atoms with Crippen molar-refractivity contribution in [3.8, 4) is 0 Å². The molecule has 1 heterocycles. The standard InChI is InChI=1S/C10H9NS/c12-7-8-5-6-11-10-4-2-1-3-9(8)10/h1-6,12H,7H2. The van der Waals surface area contributed by atoms with Crippen LogP contribution in [0.15, 0.2) is 36.5 Å². The van der Waals surface area contributed by atoms with Gasteiger partial charge in [0, 0.05) is 17.3 Å². The first-order chi connectivity index (χ1) is 5.92. The summed E-state index contributed by atoms with van der Waals surface area (Å²) in [6, 6.07) is 10.1. The second-order valence-electron chi connectivity index (χ2n) is 2.65. The van der Waals surface area contributed by atoms with Crippen LogP contribution in [0.2, 0.25) is 0 Å². The monoisotopic (exact) mass is 175 g/mol. The Labute approximate surface area is 76.9 Å². The summed E-state index contributed by atoms with van der Waals surface area (Å²) in [5, 5.41) is 1.20. The fourth-order valence-corrected chi connectivity index (χ4v) is 1.57. The van der Waals surface area contributed by atoms with E-state index in [1.165, 1.54) is 10.9 Å². The SMILES string of the molecule is SCc1ccnc2ccccc12. The first kappa shape index (κ1) is 7.62. The van der Waals surface area contributed by atoms with E-state index in [4.69, 9.17) is 0 Å². The smallest absolute Gasteiger partial charge is 0.0705 e. The van der Waals surface area contributed by atoms with Crippen LogP contribution in [0.5, 0.6) is 0 Å². The molecule has 0 aliphatic rings. The zero-order valence-electron chi connectivity index (χ0n) is 6.57. The number of nitrogens with zero attached hydrogens (tertiary/aromatic N) is 1. The van der Waals surface area contributed by atoms with Crippen molar-refractivity contribution in [2.75, 3.05) is 0 Å². The first-order valence-electron chi connectivity index (χ1n) is 3.85. The number of pyridine rings is 1. The normalized spacial score (nSPS) is 10.4. The summed E-state index contributed by atoms with van der Waals surface area (Å²) in [6.07, 6.45) is 1.83. The molecule has 2 aromatic rings. The number of hydrogen-bond donors (Lipinski definition) is 1. The lowest BCUT2D eigenvalue weighted by Gasteiger charge is -2.00. The Morgan fingerprint density at radius 2 is 2.00 bits per heavy atom. The van der Waals surface area contributed by atoms with Crippen LogP contribution < -0.4 is 0 Å². The van der Waals surface area contributed by atoms with Crippen molar-refractivity contribution in [3.05, 3.63) is 42.1 Å². The molecule has 0 N–H and O–H groups in total. The lowest BCUT2D eigenvalue weighted by atomic mass is 10.1. The molecule has 0 aliphatic heterocycles. The van der Waals surface area contributed by atoms with E-state index in [0.29, 0.717) is 0 Å². The molecule has 0 atom stereocenters. The second kappa shape index (κ2) is 3.15. The van der Waals surface area contributed by atoms with Gasteiger partial charge in [-0.3, -0.25) is 4.98 Å². The van der Waals surface area contributed by atoms with E-state index in [9.17, 15) is 0 Å². The van der Waals surface area contributed by atoms with E-state index in [0.717, 1.165) is 11.3 Å². The van der Waals surface area contributed by atoms with Crippen LogP contribution in [-0.2, 0) is 5.75 Å². The van der Waals surface area contributed by atoms with Crippen LogP contribution in [0.4, 0.5) is 0 Å². The lowest BCUT2D eigenvalue weighted by Crippen LogP contribution is -1.83. The molecule has 1 aromatic carbocycles. The third-order valence-electron chi connectivity index (χ3n) is 1.91. The Hall–Kier alpha value is -1.02. The molecule has 0 saturated carbocycles. The minimum absolute atomic E-state index is 0.767. The number of fused-ring (bicyclic) bond motifs is 1. The molecule has 12 heavy (non-hydrogen) atoms. The molecule has 2 rings (SSSR count). The van der Waals surface area contributed by atoms with Gasteiger partial charge in [-0.15, -0.1) is 0 Å². The zero-order valence-corrected chi connectivity index (χ0v) is 7.46. The van der Waals surface area contributed by atoms with E-state index in [2.05, 4.69) is 23.7 Å². The van der Waals surface area contributed by atoms with Crippen LogP contribution in [0.25, 0.3) is 10.9 Å². The molecule has 2 heteroatoms. The Balaban J connectivity index is 2.79. The highest BCUT2D eigenvalue weighted by Gasteiger charge is 1.97. The van der Waals surface area contributed by atoms with Crippen molar-refractivity contribution in [2.24, 2.45) is 0 Å². The molecule has 0 spiro atoms. The van der Waals surface area contributed by atoms with Crippen LogP contribution in [0.1, 0.15) is 5.56 Å². The van der Waals surface area contributed by atoms with Crippen molar-refractivity contribution < 1.29 is 0 Å². The van der Waals surface area contributed by atoms with Crippen LogP contribution in [0, 0.1) is 0 Å². The van der Waals surface area contributed by atoms with E-state index in [1.807, 2.05) is 30.5 Å². The van der Waals surface area contributed by atoms with Crippen LogP contribution >= 0.6 is 12.6 Å². The number of rotatable bonds is 1. The third kappa shape index (κ3) is 1.18. The van der Waals surface area contributed by atoms with Gasteiger partial charge in [-0.25, -0.2) is 0 Å². The van der Waals surface area contributed by atoms with Gasteiger partial charge in [-0.2, -0.15) is 12.6 Å². The number of para-hydroxylation sites is 1. The van der Waals surface area contributed by atoms with Gasteiger partial charge in [0.1, 0.15) is 0 Å². The maximum absolute atomic E-state index is 4.26. The fourth-order valence-electron chi connectivity index (χ4n) is 1.29. The van der Waals surface area contributed by atoms with Gasteiger partial charge in [0.25, 0.3) is 0 Å². The van der Waals surface area contributed by atoms with Gasteiger partial charge in [0.2, 0.25) is 0 Å². The molecule has 0 amide bonds. The molecule has 0 bridgehead atoms. The lowest BCUT2D eigenvalue weighted by molar-refractivity contribution is 1.35. The average Bonchev–Trinajstić information content (AvgIpc) is 2.17. The van der Waals surface area contributed by atoms with Gasteiger partial charge < -0.3 is 0 Å². The summed E-state index contributed by atoms with van der Waals surface area (Å²) in [5.41, 5.74) is 2.29. The predicted molar refractivity (Wildman–Crippen MR) is 54.4 cm³/mol. The molecule has 0 aliphatic carbocycles. The van der Waals surface area contributed by atoms with Gasteiger partial charge in [-0.05, 0) is 17.7 Å². The zero-order chi connectivity index (χ0) is 8.39. The summed E-state index contributed by atoms with van der Waals surface area (Å²) in [5.74, 6) is 0.767. The van der Waals surface area contributed by atoms with Crippen LogP contribution in [0.3, 0.4) is 0 Å². The molecule has 0 unspecified atom stereocenters. The van der Waals surface area contributed by atoms with Crippen molar-refractivity contribution in [2.45, 2.75) is 5.75 Å². The summed E-state index contributed by atoms with van der Waals surface area (Å²) in [4.78, 5) is 4.26. The molecular formula is C10H9NS. The topological polar surface area (TPSA) is 12.9 Å². The summed E-state index contributed by atoms with van der Waals surface area (Å²) in [6.45, 7) is 0. The Morgan fingerprint density at radius 1 is 1.17 bits per heavy atom. The van der Waals surface area contributed by atoms with E-state index < -0.39 is 0 Å². The highest BCUT2D eigenvalue weighted by atomic mass is 32.1. The van der Waals surface area contributed by atoms with E-state index >= 15 is 0 Å². The Kier molecular flexibility index (Phi) is 2.00. The fraction of sp³-hybridized carbons (Fsp3) is 0.100. The highest BCUT2D eigenvalue weighted by molar-refractivity contribution is 7.79. The van der Waals surface area contributed by atoms with Gasteiger partial charge >= 0.3 is 0 Å². The summed E-state index contributed by atoms with van der Waals surface area (Å²) < 4.78 is 0. The minimum atomic E-state index is 0.767. The Morgan fingerprint density at radius 3 is 2.83 bits per heavy atom. The number of aromatic nitrogens is 1. The quantitative estimate of drug-likeness (QED) is 0.657. The average molecular weight is 175 g/mol. The first-order valence-corrected chi connectivity index (χ1v) is 4.48. The van der Waals surface area contributed by atoms with Gasteiger partial charge in [-0.1, -0.05) is 18.2 Å². The second-order valence-corrected chi connectivity index (χ2v) is 2.96. The molecule has 0 radical (unpaired) electrons. The summed E-state index contributed by atoms with van der Waals surface area (Å²) in [7, 11) is 0. The van der Waals surface area contributed by atoms with E-state index in [1.54, 1.807) is 0 Å². The highest BCUT2D eigenvalue weighted by Crippen LogP contribution is 2.16. The molecule has 0 fully saturated rings. The number of thiol groups is 1. The van der Waals surface area contributed by atoms with Crippen molar-refractivity contribution >= 4 is 23.5 Å². The maximum atomic E-state index is 4.26. The molecule has 1 aromatic heterocycles. The third-order valence-corrected chi connectivity index (χ3v) is 2.25. The summed E-state index contributed by atoms with van der Waals surface area (Å²) >= 11 is 4.26. The van der Waals surface area contributed by atoms with Gasteiger partial charge in [0.15, 0.2) is 0 Å². The predicted octanol–water partition coefficient (Wildman–Crippen LogP) is 2.66. The van der Waals surface area contributed by atoms with Crippen LogP contribution in [-0.4, -0.2) is 4.98 Å². The molecule has 0 saturated heterocycles.